The van der Waals surface area contributed by atoms with Crippen LogP contribution in [-0.2, 0) is 0 Å². The van der Waals surface area contributed by atoms with Gasteiger partial charge in [0.1, 0.15) is 0 Å². The number of hydrogen-bond donors (Lipinski definition) is 1. The highest BCUT2D eigenvalue weighted by Gasteiger charge is 2.51. The molecule has 2 aliphatic carbocycles. The van der Waals surface area contributed by atoms with Crippen LogP contribution in [0.2, 0.25) is 0 Å². The minimum atomic E-state index is 0.694. The second-order valence-corrected chi connectivity index (χ2v) is 8.97. The lowest BCUT2D eigenvalue weighted by Crippen LogP contribution is -2.55. The first-order valence-corrected chi connectivity index (χ1v) is 9.84. The Morgan fingerprint density at radius 1 is 1.10 bits per heavy atom. The molecule has 0 aromatic carbocycles. The summed E-state index contributed by atoms with van der Waals surface area (Å²) in [5, 5.41) is 3.90. The standard InChI is InChI=1S/C20H37N/c1-15(2)7-6-9-19-17-11-10-16-8-4-5-13-20(16,3)18(17)12-14-21-19/h15-19,21H,4-14H2,1-3H3. The minimum Gasteiger partial charge on any atom is -0.314 e. The molecule has 1 N–H and O–H groups in total. The Morgan fingerprint density at radius 3 is 2.76 bits per heavy atom. The molecule has 1 nitrogen and oxygen atoms in total. The van der Waals surface area contributed by atoms with E-state index in [0.717, 1.165) is 29.7 Å². The van der Waals surface area contributed by atoms with E-state index in [1.165, 1.54) is 70.8 Å². The predicted molar refractivity (Wildman–Crippen MR) is 91.4 cm³/mol. The van der Waals surface area contributed by atoms with Crippen LogP contribution in [0.15, 0.2) is 0 Å². The highest BCUT2D eigenvalue weighted by atomic mass is 14.9. The lowest BCUT2D eigenvalue weighted by molar-refractivity contribution is -0.0637. The third kappa shape index (κ3) is 3.19. The molecule has 21 heavy (non-hydrogen) atoms. The third-order valence-electron chi connectivity index (χ3n) is 7.34. The van der Waals surface area contributed by atoms with Crippen molar-refractivity contribution in [2.75, 3.05) is 6.54 Å². The molecule has 0 aromatic rings. The highest BCUT2D eigenvalue weighted by Crippen LogP contribution is 2.57. The van der Waals surface area contributed by atoms with Gasteiger partial charge in [-0.05, 0) is 74.2 Å². The van der Waals surface area contributed by atoms with E-state index in [1.807, 2.05) is 0 Å². The van der Waals surface area contributed by atoms with Crippen LogP contribution < -0.4 is 5.32 Å². The molecule has 1 saturated heterocycles. The zero-order valence-corrected chi connectivity index (χ0v) is 14.7. The average molecular weight is 292 g/mol. The molecule has 0 spiro atoms. The first-order valence-electron chi connectivity index (χ1n) is 9.84. The zero-order chi connectivity index (χ0) is 14.9. The van der Waals surface area contributed by atoms with Crippen LogP contribution in [0.5, 0.6) is 0 Å². The largest absolute Gasteiger partial charge is 0.314 e. The minimum absolute atomic E-state index is 0.694. The Kier molecular flexibility index (Phi) is 4.98. The van der Waals surface area contributed by atoms with Gasteiger partial charge in [0.15, 0.2) is 0 Å². The quantitative estimate of drug-likeness (QED) is 0.731. The number of fused-ring (bicyclic) bond motifs is 3. The summed E-state index contributed by atoms with van der Waals surface area (Å²) >= 11 is 0. The summed E-state index contributed by atoms with van der Waals surface area (Å²) in [6.07, 6.45) is 14.8. The average Bonchev–Trinajstić information content (AvgIpc) is 2.47. The fraction of sp³-hybridized carbons (Fsp3) is 1.00. The highest BCUT2D eigenvalue weighted by molar-refractivity contribution is 5.02. The summed E-state index contributed by atoms with van der Waals surface area (Å²) in [5.74, 6) is 3.95. The Bertz CT molecular complexity index is 337. The van der Waals surface area contributed by atoms with Gasteiger partial charge in [0.2, 0.25) is 0 Å². The van der Waals surface area contributed by atoms with E-state index < -0.39 is 0 Å². The van der Waals surface area contributed by atoms with Crippen molar-refractivity contribution in [3.8, 4) is 0 Å². The summed E-state index contributed by atoms with van der Waals surface area (Å²) in [6, 6.07) is 0.835. The van der Waals surface area contributed by atoms with E-state index in [-0.39, 0.29) is 0 Å². The Labute approximate surface area is 132 Å². The van der Waals surface area contributed by atoms with Gasteiger partial charge in [0, 0.05) is 6.04 Å². The van der Waals surface area contributed by atoms with Gasteiger partial charge in [-0.15, -0.1) is 0 Å². The van der Waals surface area contributed by atoms with Crippen LogP contribution in [0.3, 0.4) is 0 Å². The first kappa shape index (κ1) is 15.8. The van der Waals surface area contributed by atoms with Crippen molar-refractivity contribution in [2.24, 2.45) is 29.1 Å². The summed E-state index contributed by atoms with van der Waals surface area (Å²) < 4.78 is 0. The van der Waals surface area contributed by atoms with Crippen LogP contribution in [0, 0.1) is 29.1 Å². The van der Waals surface area contributed by atoms with Gasteiger partial charge in [0.05, 0.1) is 0 Å². The molecule has 0 amide bonds. The van der Waals surface area contributed by atoms with E-state index in [4.69, 9.17) is 0 Å². The van der Waals surface area contributed by atoms with Crippen LogP contribution in [-0.4, -0.2) is 12.6 Å². The molecular weight excluding hydrogens is 254 g/mol. The maximum Gasteiger partial charge on any atom is 0.00981 e. The van der Waals surface area contributed by atoms with Gasteiger partial charge >= 0.3 is 0 Å². The van der Waals surface area contributed by atoms with Crippen molar-refractivity contribution in [1.29, 1.82) is 0 Å². The summed E-state index contributed by atoms with van der Waals surface area (Å²) in [5.41, 5.74) is 0.694. The summed E-state index contributed by atoms with van der Waals surface area (Å²) in [6.45, 7) is 8.69. The van der Waals surface area contributed by atoms with Crippen molar-refractivity contribution in [3.05, 3.63) is 0 Å². The molecule has 122 valence electrons. The zero-order valence-electron chi connectivity index (χ0n) is 14.7. The molecule has 1 heteroatoms. The first-order chi connectivity index (χ1) is 10.1. The Balaban J connectivity index is 1.65. The van der Waals surface area contributed by atoms with Gasteiger partial charge < -0.3 is 5.32 Å². The molecule has 0 aromatic heterocycles. The molecular formula is C20H37N. The van der Waals surface area contributed by atoms with Crippen LogP contribution >= 0.6 is 0 Å². The van der Waals surface area contributed by atoms with Crippen molar-refractivity contribution in [1.82, 2.24) is 5.32 Å². The second-order valence-electron chi connectivity index (χ2n) is 8.97. The molecule has 3 aliphatic rings. The van der Waals surface area contributed by atoms with Crippen LogP contribution in [0.1, 0.15) is 85.0 Å². The van der Waals surface area contributed by atoms with Crippen molar-refractivity contribution in [2.45, 2.75) is 91.0 Å². The fourth-order valence-electron chi connectivity index (χ4n) is 6.14. The number of nitrogens with one attached hydrogen (secondary N) is 1. The van der Waals surface area contributed by atoms with E-state index in [1.54, 1.807) is 0 Å². The SMILES string of the molecule is CC(C)CCCC1NCCC2C1CCC1CCCCC12C. The normalized spacial score (nSPS) is 43.4. The number of piperidine rings is 1. The van der Waals surface area contributed by atoms with E-state index >= 15 is 0 Å². The number of rotatable bonds is 4. The smallest absolute Gasteiger partial charge is 0.00981 e. The third-order valence-corrected chi connectivity index (χ3v) is 7.34. The monoisotopic (exact) mass is 291 g/mol. The molecule has 5 unspecified atom stereocenters. The summed E-state index contributed by atoms with van der Waals surface area (Å²) in [4.78, 5) is 0. The van der Waals surface area contributed by atoms with Gasteiger partial charge in [-0.3, -0.25) is 0 Å². The molecule has 5 atom stereocenters. The molecule has 3 fully saturated rings. The van der Waals surface area contributed by atoms with Crippen molar-refractivity contribution < 1.29 is 0 Å². The fourth-order valence-corrected chi connectivity index (χ4v) is 6.14. The van der Waals surface area contributed by atoms with Crippen molar-refractivity contribution in [3.63, 3.8) is 0 Å². The molecule has 1 heterocycles. The second kappa shape index (κ2) is 6.60. The molecule has 0 radical (unpaired) electrons. The molecule has 3 rings (SSSR count). The predicted octanol–water partition coefficient (Wildman–Crippen LogP) is 5.40. The van der Waals surface area contributed by atoms with Gasteiger partial charge in [0.25, 0.3) is 0 Å². The van der Waals surface area contributed by atoms with E-state index in [0.29, 0.717) is 5.41 Å². The maximum atomic E-state index is 3.90. The van der Waals surface area contributed by atoms with Gasteiger partial charge in [-0.1, -0.05) is 46.5 Å². The van der Waals surface area contributed by atoms with E-state index in [2.05, 4.69) is 26.1 Å². The van der Waals surface area contributed by atoms with Crippen LogP contribution in [0.4, 0.5) is 0 Å². The van der Waals surface area contributed by atoms with E-state index in [9.17, 15) is 0 Å². The lowest BCUT2D eigenvalue weighted by Gasteiger charge is -2.57. The topological polar surface area (TPSA) is 12.0 Å². The lowest BCUT2D eigenvalue weighted by atomic mass is 9.50. The number of hydrogen-bond acceptors (Lipinski definition) is 1. The maximum absolute atomic E-state index is 3.90. The molecule has 2 saturated carbocycles. The Morgan fingerprint density at radius 2 is 1.95 bits per heavy atom. The van der Waals surface area contributed by atoms with Gasteiger partial charge in [-0.25, -0.2) is 0 Å². The van der Waals surface area contributed by atoms with Crippen LogP contribution in [0.25, 0.3) is 0 Å². The summed E-state index contributed by atoms with van der Waals surface area (Å²) in [7, 11) is 0. The van der Waals surface area contributed by atoms with Crippen molar-refractivity contribution >= 4 is 0 Å². The Hall–Kier alpha value is -0.0400. The van der Waals surface area contributed by atoms with Gasteiger partial charge in [-0.2, -0.15) is 0 Å². The molecule has 1 aliphatic heterocycles. The molecule has 0 bridgehead atoms.